The average Bonchev–Trinajstić information content (AvgIpc) is 3.09. The molecule has 0 unspecified atom stereocenters. The summed E-state index contributed by atoms with van der Waals surface area (Å²) in [6, 6.07) is 4.80. The van der Waals surface area contributed by atoms with E-state index in [0.29, 0.717) is 30.0 Å². The fraction of sp³-hybridized carbons (Fsp3) is 0.455. The monoisotopic (exact) mass is 421 g/mol. The van der Waals surface area contributed by atoms with Crippen molar-refractivity contribution in [2.24, 2.45) is 13.0 Å². The second-order valence-electron chi connectivity index (χ2n) is 8.15. The van der Waals surface area contributed by atoms with E-state index in [4.69, 9.17) is 0 Å². The van der Waals surface area contributed by atoms with E-state index >= 15 is 0 Å². The van der Waals surface area contributed by atoms with E-state index < -0.39 is 29.2 Å². The maximum atomic E-state index is 14.8. The summed E-state index contributed by atoms with van der Waals surface area (Å²) in [5, 5.41) is 5.01. The van der Waals surface area contributed by atoms with Gasteiger partial charge in [-0.3, -0.25) is 9.59 Å². The molecule has 3 rings (SSSR count). The van der Waals surface area contributed by atoms with Crippen LogP contribution in [-0.4, -0.2) is 22.4 Å². The molecule has 1 aromatic heterocycles. The molecule has 5 nitrogen and oxygen atoms in total. The Labute approximate surface area is 173 Å². The zero-order valence-electron chi connectivity index (χ0n) is 17.3. The quantitative estimate of drug-likeness (QED) is 0.746. The van der Waals surface area contributed by atoms with Gasteiger partial charge < -0.3 is 15.2 Å². The summed E-state index contributed by atoms with van der Waals surface area (Å²) in [5.74, 6) is -5.63. The zero-order valence-corrected chi connectivity index (χ0v) is 17.3. The summed E-state index contributed by atoms with van der Waals surface area (Å²) in [4.78, 5) is 24.8. The van der Waals surface area contributed by atoms with Crippen molar-refractivity contribution in [2.45, 2.75) is 51.5 Å². The normalized spacial score (nSPS) is 19.4. The van der Waals surface area contributed by atoms with Crippen LogP contribution in [0.25, 0.3) is 0 Å². The van der Waals surface area contributed by atoms with E-state index in [2.05, 4.69) is 17.6 Å². The van der Waals surface area contributed by atoms with Crippen molar-refractivity contribution in [3.63, 3.8) is 0 Å². The number of aromatic nitrogens is 1. The molecule has 0 spiro atoms. The van der Waals surface area contributed by atoms with Crippen LogP contribution in [0.3, 0.4) is 0 Å². The van der Waals surface area contributed by atoms with Crippen molar-refractivity contribution in [2.75, 3.05) is 5.32 Å². The average molecular weight is 421 g/mol. The minimum absolute atomic E-state index is 0.0200. The van der Waals surface area contributed by atoms with Crippen LogP contribution in [-0.2, 0) is 17.8 Å². The smallest absolute Gasteiger partial charge is 0.348 e. The molecule has 2 aromatic rings. The number of aryl methyl sites for hydroxylation is 2. The molecule has 30 heavy (non-hydrogen) atoms. The number of amides is 2. The highest BCUT2D eigenvalue weighted by atomic mass is 19.3. The summed E-state index contributed by atoms with van der Waals surface area (Å²) in [6.07, 6.45) is 4.40. The Balaban J connectivity index is 1.72. The lowest BCUT2D eigenvalue weighted by atomic mass is 9.87. The van der Waals surface area contributed by atoms with Crippen LogP contribution in [0.5, 0.6) is 0 Å². The maximum absolute atomic E-state index is 14.8. The SMILES string of the molecule is Cc1cc(NC(=O)c2cc(C(F)(F)C(=O)NC3CCC(C)CC3)n(C)c2)ccc1F. The predicted molar refractivity (Wildman–Crippen MR) is 108 cm³/mol. The summed E-state index contributed by atoms with van der Waals surface area (Å²) < 4.78 is 44.1. The van der Waals surface area contributed by atoms with Gasteiger partial charge in [0.25, 0.3) is 11.8 Å². The molecule has 1 aromatic carbocycles. The number of benzene rings is 1. The molecule has 162 valence electrons. The van der Waals surface area contributed by atoms with Gasteiger partial charge >= 0.3 is 5.92 Å². The number of nitrogens with zero attached hydrogens (tertiary/aromatic N) is 1. The molecule has 1 aliphatic carbocycles. The molecular formula is C22H26F3N3O2. The molecular weight excluding hydrogens is 395 g/mol. The topological polar surface area (TPSA) is 63.1 Å². The van der Waals surface area contributed by atoms with E-state index in [9.17, 15) is 22.8 Å². The highest BCUT2D eigenvalue weighted by Crippen LogP contribution is 2.31. The van der Waals surface area contributed by atoms with E-state index in [0.717, 1.165) is 23.5 Å². The number of anilines is 1. The molecule has 0 saturated heterocycles. The summed E-state index contributed by atoms with van der Waals surface area (Å²) in [6.45, 7) is 3.66. The highest BCUT2D eigenvalue weighted by molar-refractivity contribution is 6.04. The number of nitrogens with one attached hydrogen (secondary N) is 2. The van der Waals surface area contributed by atoms with Crippen LogP contribution >= 0.6 is 0 Å². The number of carbonyl (C=O) groups excluding carboxylic acids is 2. The molecule has 1 aliphatic rings. The fourth-order valence-electron chi connectivity index (χ4n) is 3.72. The molecule has 0 atom stereocenters. The number of carbonyl (C=O) groups is 2. The molecule has 0 radical (unpaired) electrons. The van der Waals surface area contributed by atoms with Gasteiger partial charge in [-0.25, -0.2) is 4.39 Å². The molecule has 1 heterocycles. The zero-order chi connectivity index (χ0) is 22.1. The number of rotatable bonds is 5. The van der Waals surface area contributed by atoms with Crippen molar-refractivity contribution in [1.29, 1.82) is 0 Å². The molecule has 1 fully saturated rings. The minimum atomic E-state index is -3.77. The van der Waals surface area contributed by atoms with E-state index in [1.165, 1.54) is 31.4 Å². The lowest BCUT2D eigenvalue weighted by Crippen LogP contribution is -2.45. The van der Waals surface area contributed by atoms with Crippen LogP contribution < -0.4 is 10.6 Å². The molecule has 1 saturated carbocycles. The Morgan fingerprint density at radius 2 is 1.80 bits per heavy atom. The van der Waals surface area contributed by atoms with E-state index in [-0.39, 0.29) is 11.6 Å². The van der Waals surface area contributed by atoms with Crippen LogP contribution in [0, 0.1) is 18.7 Å². The Kier molecular flexibility index (Phi) is 6.24. The molecule has 8 heteroatoms. The largest absolute Gasteiger partial charge is 0.364 e. The first-order chi connectivity index (χ1) is 14.1. The third kappa shape index (κ3) is 4.68. The third-order valence-corrected chi connectivity index (χ3v) is 5.64. The molecule has 0 aliphatic heterocycles. The lowest BCUT2D eigenvalue weighted by Gasteiger charge is -2.28. The van der Waals surface area contributed by atoms with E-state index in [1.807, 2.05) is 0 Å². The highest BCUT2D eigenvalue weighted by Gasteiger charge is 2.44. The Bertz CT molecular complexity index is 947. The van der Waals surface area contributed by atoms with Gasteiger partial charge in [-0.1, -0.05) is 6.92 Å². The van der Waals surface area contributed by atoms with Gasteiger partial charge in [-0.2, -0.15) is 8.78 Å². The van der Waals surface area contributed by atoms with Crippen LogP contribution in [0.1, 0.15) is 54.2 Å². The van der Waals surface area contributed by atoms with Gasteiger partial charge in [-0.15, -0.1) is 0 Å². The number of halogens is 3. The summed E-state index contributed by atoms with van der Waals surface area (Å²) in [7, 11) is 1.36. The number of hydrogen-bond donors (Lipinski definition) is 2. The van der Waals surface area contributed by atoms with Crippen molar-refractivity contribution in [3.8, 4) is 0 Å². The standard InChI is InChI=1S/C22H26F3N3O2/c1-13-4-6-16(7-5-13)27-21(30)22(24,25)19-11-15(12-28(19)3)20(29)26-17-8-9-18(23)14(2)10-17/h8-13,16H,4-7H2,1-3H3,(H,26,29)(H,27,30). The minimum Gasteiger partial charge on any atom is -0.348 e. The predicted octanol–water partition coefficient (Wildman–Crippen LogP) is 4.51. The van der Waals surface area contributed by atoms with Crippen LogP contribution in [0.4, 0.5) is 18.9 Å². The van der Waals surface area contributed by atoms with E-state index in [1.54, 1.807) is 6.92 Å². The van der Waals surface area contributed by atoms with Crippen molar-refractivity contribution >= 4 is 17.5 Å². The first kappa shape index (κ1) is 21.9. The number of alkyl halides is 2. The van der Waals surface area contributed by atoms with Crippen molar-refractivity contribution in [3.05, 3.63) is 53.1 Å². The van der Waals surface area contributed by atoms with Crippen molar-refractivity contribution < 1.29 is 22.8 Å². The van der Waals surface area contributed by atoms with Gasteiger partial charge in [0.15, 0.2) is 0 Å². The summed E-state index contributed by atoms with van der Waals surface area (Å²) >= 11 is 0. The number of hydrogen-bond acceptors (Lipinski definition) is 2. The Morgan fingerprint density at radius 1 is 1.13 bits per heavy atom. The molecule has 2 N–H and O–H groups in total. The molecule has 2 amide bonds. The molecule has 0 bridgehead atoms. The Hall–Kier alpha value is -2.77. The van der Waals surface area contributed by atoms with Gasteiger partial charge in [0, 0.05) is 25.0 Å². The second kappa shape index (κ2) is 8.53. The van der Waals surface area contributed by atoms with Crippen LogP contribution in [0.2, 0.25) is 0 Å². The van der Waals surface area contributed by atoms with Gasteiger partial charge in [0.05, 0.1) is 11.3 Å². The van der Waals surface area contributed by atoms with Crippen molar-refractivity contribution in [1.82, 2.24) is 9.88 Å². The van der Waals surface area contributed by atoms with Gasteiger partial charge in [0.1, 0.15) is 5.82 Å². The Morgan fingerprint density at radius 3 is 2.43 bits per heavy atom. The van der Waals surface area contributed by atoms with Gasteiger partial charge in [-0.05, 0) is 68.4 Å². The first-order valence-electron chi connectivity index (χ1n) is 10.0. The van der Waals surface area contributed by atoms with Crippen LogP contribution in [0.15, 0.2) is 30.5 Å². The fourth-order valence-corrected chi connectivity index (χ4v) is 3.72. The first-order valence-corrected chi connectivity index (χ1v) is 10.0. The second-order valence-corrected chi connectivity index (χ2v) is 8.15. The van der Waals surface area contributed by atoms with Gasteiger partial charge in [0.2, 0.25) is 0 Å². The summed E-state index contributed by atoms with van der Waals surface area (Å²) in [5.41, 5.74) is 0.111. The third-order valence-electron chi connectivity index (χ3n) is 5.64. The lowest BCUT2D eigenvalue weighted by molar-refractivity contribution is -0.149. The maximum Gasteiger partial charge on any atom is 0.364 e.